The second-order valence-electron chi connectivity index (χ2n) is 6.67. The molecule has 0 saturated carbocycles. The predicted octanol–water partition coefficient (Wildman–Crippen LogP) is 6.21. The van der Waals surface area contributed by atoms with Crippen molar-refractivity contribution in [1.82, 2.24) is 4.98 Å². The maximum absolute atomic E-state index is 12.4. The minimum Gasteiger partial charge on any atom is -0.497 e. The molecule has 4 aromatic rings. The van der Waals surface area contributed by atoms with Crippen molar-refractivity contribution in [2.24, 2.45) is 0 Å². The van der Waals surface area contributed by atoms with Gasteiger partial charge < -0.3 is 4.74 Å². The Morgan fingerprint density at radius 1 is 0.900 bits per heavy atom. The molecule has 0 N–H and O–H groups in total. The van der Waals surface area contributed by atoms with Crippen molar-refractivity contribution in [3.63, 3.8) is 0 Å². The first-order valence-electron chi connectivity index (χ1n) is 9.08. The fourth-order valence-electron chi connectivity index (χ4n) is 3.17. The first-order chi connectivity index (χ1) is 14.4. The fraction of sp³-hybridized carbons (Fsp3) is 0.0870. The lowest BCUT2D eigenvalue weighted by atomic mass is 10.1. The number of thiazole rings is 1. The van der Waals surface area contributed by atoms with Gasteiger partial charge in [-0.05, 0) is 36.4 Å². The highest BCUT2D eigenvalue weighted by atomic mass is 35.5. The quantitative estimate of drug-likeness (QED) is 0.359. The van der Waals surface area contributed by atoms with Gasteiger partial charge in [-0.3, -0.25) is 0 Å². The molecule has 0 aliphatic carbocycles. The van der Waals surface area contributed by atoms with Crippen molar-refractivity contribution < 1.29 is 13.2 Å². The Bertz CT molecular complexity index is 1310. The molecule has 0 amide bonds. The molecule has 0 spiro atoms. The van der Waals surface area contributed by atoms with Crippen LogP contribution in [0.25, 0.3) is 32.3 Å². The first-order valence-corrected chi connectivity index (χ1v) is 12.2. The summed E-state index contributed by atoms with van der Waals surface area (Å²) in [4.78, 5) is 5.91. The van der Waals surface area contributed by atoms with Crippen LogP contribution in [0, 0.1) is 0 Å². The Morgan fingerprint density at radius 2 is 1.53 bits per heavy atom. The van der Waals surface area contributed by atoms with E-state index in [1.165, 1.54) is 17.6 Å². The summed E-state index contributed by atoms with van der Waals surface area (Å²) in [5, 5.41) is 1.32. The lowest BCUT2D eigenvalue weighted by molar-refractivity contribution is 0.415. The van der Waals surface area contributed by atoms with Gasteiger partial charge in [0.15, 0.2) is 9.84 Å². The van der Waals surface area contributed by atoms with Gasteiger partial charge in [-0.15, -0.1) is 11.3 Å². The summed E-state index contributed by atoms with van der Waals surface area (Å²) in [5.41, 5.74) is 3.00. The largest absolute Gasteiger partial charge is 0.497 e. The molecule has 4 rings (SSSR count). The summed E-state index contributed by atoms with van der Waals surface area (Å²) in [6, 6.07) is 22.0. The molecule has 1 heterocycles. The monoisotopic (exact) mass is 455 g/mol. The smallest absolute Gasteiger partial charge is 0.176 e. The topological polar surface area (TPSA) is 56.3 Å². The van der Waals surface area contributed by atoms with E-state index in [4.69, 9.17) is 21.3 Å². The highest BCUT2D eigenvalue weighted by molar-refractivity contribution is 7.90. The Balaban J connectivity index is 1.99. The number of aromatic nitrogens is 1. The number of benzene rings is 3. The van der Waals surface area contributed by atoms with E-state index in [9.17, 15) is 8.42 Å². The van der Waals surface area contributed by atoms with Crippen LogP contribution in [-0.2, 0) is 9.84 Å². The van der Waals surface area contributed by atoms with Gasteiger partial charge in [-0.25, -0.2) is 13.4 Å². The molecule has 0 aliphatic rings. The maximum atomic E-state index is 12.4. The molecule has 0 fully saturated rings. The van der Waals surface area contributed by atoms with Crippen molar-refractivity contribution in [2.75, 3.05) is 13.4 Å². The SMILES string of the molecule is COc1ccc(-c2nc(-c3ccccc3Cl)sc2-c2ccccc2S(C)(=O)=O)cc1. The van der Waals surface area contributed by atoms with Gasteiger partial charge in [-0.2, -0.15) is 0 Å². The molecule has 0 aliphatic heterocycles. The Kier molecular flexibility index (Phi) is 5.64. The number of rotatable bonds is 5. The summed E-state index contributed by atoms with van der Waals surface area (Å²) in [6.07, 6.45) is 1.22. The van der Waals surface area contributed by atoms with E-state index in [1.54, 1.807) is 19.2 Å². The molecule has 7 heteroatoms. The van der Waals surface area contributed by atoms with Crippen molar-refractivity contribution in [3.8, 4) is 38.0 Å². The molecule has 3 aromatic carbocycles. The number of halogens is 1. The molecule has 4 nitrogen and oxygen atoms in total. The lowest BCUT2D eigenvalue weighted by Gasteiger charge is -2.08. The van der Waals surface area contributed by atoms with Gasteiger partial charge in [0.2, 0.25) is 0 Å². The zero-order valence-corrected chi connectivity index (χ0v) is 18.7. The second kappa shape index (κ2) is 8.22. The van der Waals surface area contributed by atoms with E-state index < -0.39 is 9.84 Å². The number of hydrogen-bond acceptors (Lipinski definition) is 5. The summed E-state index contributed by atoms with van der Waals surface area (Å²) >= 11 is 7.83. The third kappa shape index (κ3) is 3.99. The van der Waals surface area contributed by atoms with Crippen molar-refractivity contribution in [1.29, 1.82) is 0 Å². The minimum absolute atomic E-state index is 0.272. The summed E-state index contributed by atoms with van der Waals surface area (Å²) in [6.45, 7) is 0. The highest BCUT2D eigenvalue weighted by Crippen LogP contribution is 2.44. The van der Waals surface area contributed by atoms with Crippen molar-refractivity contribution in [2.45, 2.75) is 4.90 Å². The van der Waals surface area contributed by atoms with Crippen molar-refractivity contribution in [3.05, 3.63) is 77.8 Å². The van der Waals surface area contributed by atoms with Gasteiger partial charge in [0.1, 0.15) is 10.8 Å². The number of ether oxygens (including phenoxy) is 1. The summed E-state index contributed by atoms with van der Waals surface area (Å²) in [7, 11) is -1.81. The molecular formula is C23H18ClNO3S2. The van der Waals surface area contributed by atoms with E-state index >= 15 is 0 Å². The van der Waals surface area contributed by atoms with Gasteiger partial charge in [-0.1, -0.05) is 48.0 Å². The third-order valence-electron chi connectivity index (χ3n) is 4.63. The predicted molar refractivity (Wildman–Crippen MR) is 123 cm³/mol. The summed E-state index contributed by atoms with van der Waals surface area (Å²) in [5.74, 6) is 0.735. The Morgan fingerprint density at radius 3 is 2.17 bits per heavy atom. The first kappa shape index (κ1) is 20.6. The number of nitrogens with zero attached hydrogens (tertiary/aromatic N) is 1. The highest BCUT2D eigenvalue weighted by Gasteiger charge is 2.22. The average Bonchev–Trinajstić information content (AvgIpc) is 3.18. The normalized spacial score (nSPS) is 11.4. The molecule has 30 heavy (non-hydrogen) atoms. The number of sulfone groups is 1. The van der Waals surface area contributed by atoms with Gasteiger partial charge in [0, 0.05) is 22.9 Å². The molecule has 0 unspecified atom stereocenters. The molecule has 0 radical (unpaired) electrons. The van der Waals surface area contributed by atoms with E-state index in [2.05, 4.69) is 0 Å². The summed E-state index contributed by atoms with van der Waals surface area (Å²) < 4.78 is 30.1. The van der Waals surface area contributed by atoms with Crippen LogP contribution in [0.2, 0.25) is 5.02 Å². The Labute approximate surface area is 184 Å². The third-order valence-corrected chi connectivity index (χ3v) is 7.23. The standard InChI is InChI=1S/C23H18ClNO3S2/c1-28-16-13-11-15(12-14-16)21-22(18-8-4-6-10-20(18)30(2,26)27)29-23(25-21)17-7-3-5-9-19(17)24/h3-14H,1-2H3. The fourth-order valence-corrected chi connectivity index (χ4v) is 5.58. The van der Waals surface area contributed by atoms with Crippen LogP contribution in [0.3, 0.4) is 0 Å². The van der Waals surface area contributed by atoms with Crippen LogP contribution in [0.4, 0.5) is 0 Å². The number of hydrogen-bond donors (Lipinski definition) is 0. The lowest BCUT2D eigenvalue weighted by Crippen LogP contribution is -1.99. The average molecular weight is 456 g/mol. The van der Waals surface area contributed by atoms with Crippen molar-refractivity contribution >= 4 is 32.8 Å². The number of methoxy groups -OCH3 is 1. The van der Waals surface area contributed by atoms with E-state index in [0.717, 1.165) is 26.8 Å². The van der Waals surface area contributed by atoms with Crippen LogP contribution in [0.5, 0.6) is 5.75 Å². The molecule has 1 aromatic heterocycles. The molecule has 0 atom stereocenters. The molecule has 0 bridgehead atoms. The minimum atomic E-state index is -3.42. The van der Waals surface area contributed by atoms with Crippen LogP contribution >= 0.6 is 22.9 Å². The molecule has 0 saturated heterocycles. The van der Waals surface area contributed by atoms with E-state index in [-0.39, 0.29) is 4.90 Å². The van der Waals surface area contributed by atoms with Crippen LogP contribution in [0.1, 0.15) is 0 Å². The van der Waals surface area contributed by atoms with E-state index in [1.807, 2.05) is 60.7 Å². The second-order valence-corrected chi connectivity index (χ2v) is 10.1. The van der Waals surface area contributed by atoms with Gasteiger partial charge in [0.25, 0.3) is 0 Å². The van der Waals surface area contributed by atoms with Gasteiger partial charge >= 0.3 is 0 Å². The zero-order valence-electron chi connectivity index (χ0n) is 16.3. The van der Waals surface area contributed by atoms with Crippen LogP contribution < -0.4 is 4.74 Å². The maximum Gasteiger partial charge on any atom is 0.176 e. The molecular weight excluding hydrogens is 438 g/mol. The van der Waals surface area contributed by atoms with Crippen LogP contribution in [0.15, 0.2) is 77.7 Å². The molecule has 152 valence electrons. The Hall–Kier alpha value is -2.67. The van der Waals surface area contributed by atoms with Crippen LogP contribution in [-0.4, -0.2) is 26.8 Å². The zero-order chi connectivity index (χ0) is 21.3. The van der Waals surface area contributed by atoms with E-state index in [0.29, 0.717) is 16.3 Å². The van der Waals surface area contributed by atoms with Gasteiger partial charge in [0.05, 0.1) is 27.6 Å².